The van der Waals surface area contributed by atoms with Crippen LogP contribution in [0.3, 0.4) is 0 Å². The molecule has 2 aliphatic rings. The van der Waals surface area contributed by atoms with E-state index >= 15 is 0 Å². The number of carboxylic acid groups (broad SMARTS) is 1. The van der Waals surface area contributed by atoms with Gasteiger partial charge < -0.3 is 14.4 Å². The van der Waals surface area contributed by atoms with Crippen LogP contribution in [0.15, 0.2) is 4.42 Å². The maximum absolute atomic E-state index is 12.9. The number of hydrogen-bond acceptors (Lipinski definition) is 4. The molecule has 1 aromatic rings. The van der Waals surface area contributed by atoms with Crippen LogP contribution in [0.5, 0.6) is 0 Å². The van der Waals surface area contributed by atoms with Crippen LogP contribution >= 0.6 is 0 Å². The molecule has 6 nitrogen and oxygen atoms in total. The monoisotopic (exact) mass is 305 g/mol. The van der Waals surface area contributed by atoms with E-state index in [0.717, 1.165) is 19.3 Å². The number of ketones is 1. The highest BCUT2D eigenvalue weighted by atomic mass is 16.4. The molecule has 3 rings (SSSR count). The normalized spacial score (nSPS) is 21.6. The van der Waals surface area contributed by atoms with Crippen LogP contribution in [0.25, 0.3) is 0 Å². The third-order valence-corrected chi connectivity index (χ3v) is 4.51. The van der Waals surface area contributed by atoms with Gasteiger partial charge in [-0.05, 0) is 32.6 Å². The first-order chi connectivity index (χ1) is 10.5. The van der Waals surface area contributed by atoms with Crippen molar-refractivity contribution >= 4 is 17.7 Å². The number of nitrogens with zero attached hydrogens (tertiary/aromatic N) is 1. The number of fused-ring (bicyclic) bond motifs is 1. The number of hydrogen-bond donors (Lipinski definition) is 1. The van der Waals surface area contributed by atoms with Crippen molar-refractivity contribution in [3.8, 4) is 0 Å². The number of furan rings is 1. The van der Waals surface area contributed by atoms with Gasteiger partial charge in [-0.2, -0.15) is 0 Å². The van der Waals surface area contributed by atoms with Gasteiger partial charge in [0, 0.05) is 19.4 Å². The quantitative estimate of drug-likeness (QED) is 0.905. The average molecular weight is 305 g/mol. The molecular weight excluding hydrogens is 286 g/mol. The van der Waals surface area contributed by atoms with Crippen LogP contribution in [0.1, 0.15) is 64.3 Å². The lowest BCUT2D eigenvalue weighted by molar-refractivity contribution is -0.143. The average Bonchev–Trinajstić information content (AvgIpc) is 2.84. The first-order valence-electron chi connectivity index (χ1n) is 7.70. The van der Waals surface area contributed by atoms with E-state index in [2.05, 4.69) is 0 Å². The predicted octanol–water partition coefficient (Wildman–Crippen LogP) is 2.19. The van der Waals surface area contributed by atoms with Crippen LogP contribution in [0.2, 0.25) is 0 Å². The van der Waals surface area contributed by atoms with Gasteiger partial charge in [-0.3, -0.25) is 9.59 Å². The van der Waals surface area contributed by atoms with Crippen molar-refractivity contribution in [3.05, 3.63) is 22.6 Å². The summed E-state index contributed by atoms with van der Waals surface area (Å²) in [5.74, 6) is -0.467. The number of carboxylic acids is 1. The summed E-state index contributed by atoms with van der Waals surface area (Å²) in [6.45, 7) is 2.07. The van der Waals surface area contributed by atoms with Crippen molar-refractivity contribution in [2.45, 2.75) is 51.5 Å². The number of likely N-dealkylation sites (tertiary alicyclic amines) is 1. The Morgan fingerprint density at radius 2 is 2.00 bits per heavy atom. The molecule has 1 unspecified atom stereocenters. The number of aliphatic carboxylic acids is 1. The Hall–Kier alpha value is -2.11. The standard InChI is InChI=1S/C16H19NO5/c1-9-13(14-11(18)6-4-7-12(14)22-9)15(19)17-8-3-2-5-10(17)16(20)21/h10H,2-8H2,1H3,(H,20,21). The molecule has 0 radical (unpaired) electrons. The van der Waals surface area contributed by atoms with E-state index in [-0.39, 0.29) is 17.3 Å². The van der Waals surface area contributed by atoms with Crippen molar-refractivity contribution in [3.63, 3.8) is 0 Å². The first-order valence-corrected chi connectivity index (χ1v) is 7.70. The van der Waals surface area contributed by atoms with Gasteiger partial charge in [0.05, 0.1) is 11.1 Å². The summed E-state index contributed by atoms with van der Waals surface area (Å²) in [6, 6.07) is -0.815. The lowest BCUT2D eigenvalue weighted by atomic mass is 9.92. The lowest BCUT2D eigenvalue weighted by Gasteiger charge is -2.33. The molecule has 1 N–H and O–H groups in total. The van der Waals surface area contributed by atoms with E-state index in [0.29, 0.717) is 42.9 Å². The summed E-state index contributed by atoms with van der Waals surface area (Å²) in [6.07, 6.45) is 3.82. The molecule has 1 amide bonds. The molecule has 0 bridgehead atoms. The topological polar surface area (TPSA) is 87.8 Å². The van der Waals surface area contributed by atoms with Gasteiger partial charge >= 0.3 is 5.97 Å². The Balaban J connectivity index is 2.00. The van der Waals surface area contributed by atoms with E-state index in [4.69, 9.17) is 4.42 Å². The number of amides is 1. The zero-order chi connectivity index (χ0) is 15.9. The Labute approximate surface area is 128 Å². The van der Waals surface area contributed by atoms with Gasteiger partial charge in [0.15, 0.2) is 5.78 Å². The maximum atomic E-state index is 12.9. The molecule has 0 spiro atoms. The van der Waals surface area contributed by atoms with Crippen molar-refractivity contribution in [2.24, 2.45) is 0 Å². The second kappa shape index (κ2) is 5.59. The van der Waals surface area contributed by atoms with Crippen LogP contribution in [-0.2, 0) is 11.2 Å². The van der Waals surface area contributed by atoms with E-state index in [1.807, 2.05) is 0 Å². The molecule has 0 saturated carbocycles. The predicted molar refractivity (Wildman–Crippen MR) is 77.0 cm³/mol. The molecular formula is C16H19NO5. The van der Waals surface area contributed by atoms with Crippen LogP contribution in [0.4, 0.5) is 0 Å². The molecule has 1 aromatic heterocycles. The SMILES string of the molecule is Cc1oc2c(c1C(=O)N1CCCCC1C(=O)O)C(=O)CCC2. The third-order valence-electron chi connectivity index (χ3n) is 4.51. The molecule has 0 aromatic carbocycles. The molecule has 22 heavy (non-hydrogen) atoms. The number of piperidine rings is 1. The Bertz CT molecular complexity index is 645. The molecule has 6 heteroatoms. The summed E-state index contributed by atoms with van der Waals surface area (Å²) >= 11 is 0. The molecule has 1 aliphatic carbocycles. The van der Waals surface area contributed by atoms with Gasteiger partial charge in [-0.15, -0.1) is 0 Å². The number of rotatable bonds is 2. The van der Waals surface area contributed by atoms with Gasteiger partial charge in [0.2, 0.25) is 0 Å². The molecule has 1 atom stereocenters. The fourth-order valence-electron chi connectivity index (χ4n) is 3.44. The van der Waals surface area contributed by atoms with Crippen LogP contribution in [0, 0.1) is 6.92 Å². The minimum atomic E-state index is -0.991. The minimum Gasteiger partial charge on any atom is -0.480 e. The first kappa shape index (κ1) is 14.8. The smallest absolute Gasteiger partial charge is 0.326 e. The van der Waals surface area contributed by atoms with E-state index in [1.165, 1.54) is 4.90 Å². The lowest BCUT2D eigenvalue weighted by Crippen LogP contribution is -2.48. The maximum Gasteiger partial charge on any atom is 0.326 e. The molecule has 118 valence electrons. The van der Waals surface area contributed by atoms with Gasteiger partial charge in [0.1, 0.15) is 17.6 Å². The van der Waals surface area contributed by atoms with E-state index in [9.17, 15) is 19.5 Å². The molecule has 2 heterocycles. The second-order valence-electron chi connectivity index (χ2n) is 5.96. The van der Waals surface area contributed by atoms with Crippen molar-refractivity contribution in [1.29, 1.82) is 0 Å². The Morgan fingerprint density at radius 3 is 2.73 bits per heavy atom. The highest BCUT2D eigenvalue weighted by Crippen LogP contribution is 2.32. The minimum absolute atomic E-state index is 0.0784. The van der Waals surface area contributed by atoms with Crippen molar-refractivity contribution in [2.75, 3.05) is 6.54 Å². The molecule has 1 saturated heterocycles. The van der Waals surface area contributed by atoms with Gasteiger partial charge in [-0.1, -0.05) is 0 Å². The third kappa shape index (κ3) is 2.32. The van der Waals surface area contributed by atoms with Crippen molar-refractivity contribution in [1.82, 2.24) is 4.90 Å². The molecule has 1 aliphatic heterocycles. The second-order valence-corrected chi connectivity index (χ2v) is 5.96. The summed E-state index contributed by atoms with van der Waals surface area (Å²) < 4.78 is 5.60. The number of carbonyl (C=O) groups is 3. The van der Waals surface area contributed by atoms with Crippen LogP contribution in [-0.4, -0.2) is 40.3 Å². The number of aryl methyl sites for hydroxylation is 2. The summed E-state index contributed by atoms with van der Waals surface area (Å²) in [7, 11) is 0. The number of Topliss-reactive ketones (excluding diaryl/α,β-unsaturated/α-hetero) is 1. The molecule has 1 fully saturated rings. The zero-order valence-corrected chi connectivity index (χ0v) is 12.6. The van der Waals surface area contributed by atoms with Crippen molar-refractivity contribution < 1.29 is 23.9 Å². The van der Waals surface area contributed by atoms with E-state index in [1.54, 1.807) is 6.92 Å². The number of carbonyl (C=O) groups excluding carboxylic acids is 2. The largest absolute Gasteiger partial charge is 0.480 e. The van der Waals surface area contributed by atoms with Gasteiger partial charge in [0.25, 0.3) is 5.91 Å². The summed E-state index contributed by atoms with van der Waals surface area (Å²) in [4.78, 5) is 37.8. The highest BCUT2D eigenvalue weighted by Gasteiger charge is 2.37. The summed E-state index contributed by atoms with van der Waals surface area (Å²) in [5, 5.41) is 9.33. The Kier molecular flexibility index (Phi) is 3.76. The van der Waals surface area contributed by atoms with Crippen LogP contribution < -0.4 is 0 Å². The Morgan fingerprint density at radius 1 is 1.23 bits per heavy atom. The van der Waals surface area contributed by atoms with Gasteiger partial charge in [-0.25, -0.2) is 4.79 Å². The zero-order valence-electron chi connectivity index (χ0n) is 12.6. The fourth-order valence-corrected chi connectivity index (χ4v) is 3.44. The highest BCUT2D eigenvalue weighted by molar-refractivity contribution is 6.10. The fraction of sp³-hybridized carbons (Fsp3) is 0.562. The summed E-state index contributed by atoms with van der Waals surface area (Å²) in [5.41, 5.74) is 0.649. The van der Waals surface area contributed by atoms with E-state index < -0.39 is 12.0 Å².